The van der Waals surface area contributed by atoms with Crippen molar-refractivity contribution < 1.29 is 9.59 Å². The molecule has 0 aromatic heterocycles. The number of hydrogen-bond donors (Lipinski definition) is 3. The molecule has 0 unspecified atom stereocenters. The van der Waals surface area contributed by atoms with E-state index in [1.165, 1.54) is 0 Å². The first-order chi connectivity index (χ1) is 9.09. The van der Waals surface area contributed by atoms with E-state index in [4.69, 9.17) is 0 Å². The van der Waals surface area contributed by atoms with Crippen molar-refractivity contribution in [2.45, 2.75) is 20.3 Å². The van der Waals surface area contributed by atoms with Crippen LogP contribution in [0.3, 0.4) is 0 Å². The van der Waals surface area contributed by atoms with Crippen LogP contribution in [0.4, 0.5) is 0 Å². The fourth-order valence-corrected chi connectivity index (χ4v) is 1.90. The number of amides is 2. The molecule has 3 N–H and O–H groups in total. The van der Waals surface area contributed by atoms with E-state index in [0.717, 1.165) is 39.1 Å². The van der Waals surface area contributed by atoms with Gasteiger partial charge in [-0.05, 0) is 12.3 Å². The van der Waals surface area contributed by atoms with Crippen molar-refractivity contribution in [3.63, 3.8) is 0 Å². The number of piperazine rings is 1. The molecule has 0 spiro atoms. The second-order valence-corrected chi connectivity index (χ2v) is 5.29. The number of hydrogen-bond acceptors (Lipinski definition) is 4. The largest absolute Gasteiger partial charge is 0.348 e. The molecule has 0 bridgehead atoms. The summed E-state index contributed by atoms with van der Waals surface area (Å²) < 4.78 is 0. The van der Waals surface area contributed by atoms with Gasteiger partial charge in [-0.1, -0.05) is 13.8 Å². The molecule has 1 heterocycles. The minimum absolute atomic E-state index is 0.524. The topological polar surface area (TPSA) is 73.5 Å². The standard InChI is InChI=1S/C13H26N4O2/c1-11(2)3-4-15-12(18)13(19)16-7-10-17-8-5-14-6-9-17/h11,14H,3-10H2,1-2H3,(H,15,18)(H,16,19). The molecule has 2 amide bonds. The SMILES string of the molecule is CC(C)CCNC(=O)C(=O)NCCN1CCNCC1. The first-order valence-corrected chi connectivity index (χ1v) is 7.08. The summed E-state index contributed by atoms with van der Waals surface area (Å²) in [6, 6.07) is 0. The van der Waals surface area contributed by atoms with Gasteiger partial charge in [0.1, 0.15) is 0 Å². The molecule has 0 aliphatic carbocycles. The highest BCUT2D eigenvalue weighted by Gasteiger charge is 2.13. The summed E-state index contributed by atoms with van der Waals surface area (Å²) in [5.41, 5.74) is 0. The number of carbonyl (C=O) groups is 2. The van der Waals surface area contributed by atoms with Crippen LogP contribution in [0.15, 0.2) is 0 Å². The van der Waals surface area contributed by atoms with Crippen LogP contribution in [0, 0.1) is 5.92 Å². The number of carbonyl (C=O) groups excluding carboxylic acids is 2. The molecule has 1 saturated heterocycles. The van der Waals surface area contributed by atoms with Crippen molar-refractivity contribution in [3.8, 4) is 0 Å². The third-order valence-electron chi connectivity index (χ3n) is 3.14. The molecular weight excluding hydrogens is 244 g/mol. The van der Waals surface area contributed by atoms with Crippen LogP contribution in [0.25, 0.3) is 0 Å². The van der Waals surface area contributed by atoms with E-state index in [9.17, 15) is 9.59 Å². The van der Waals surface area contributed by atoms with Crippen LogP contribution in [0.2, 0.25) is 0 Å². The highest BCUT2D eigenvalue weighted by atomic mass is 16.2. The first-order valence-electron chi connectivity index (χ1n) is 7.08. The molecule has 19 heavy (non-hydrogen) atoms. The molecule has 0 aromatic rings. The maximum Gasteiger partial charge on any atom is 0.309 e. The average Bonchev–Trinajstić information content (AvgIpc) is 2.39. The van der Waals surface area contributed by atoms with Crippen molar-refractivity contribution in [1.29, 1.82) is 0 Å². The Hall–Kier alpha value is -1.14. The Balaban J connectivity index is 2.07. The fraction of sp³-hybridized carbons (Fsp3) is 0.846. The second-order valence-electron chi connectivity index (χ2n) is 5.29. The summed E-state index contributed by atoms with van der Waals surface area (Å²) in [6.45, 7) is 10.0. The molecule has 1 rings (SSSR count). The van der Waals surface area contributed by atoms with Crippen LogP contribution in [0.5, 0.6) is 0 Å². The molecule has 6 nitrogen and oxygen atoms in total. The molecule has 1 fully saturated rings. The Labute approximate surface area is 115 Å². The maximum absolute atomic E-state index is 11.5. The summed E-state index contributed by atoms with van der Waals surface area (Å²) >= 11 is 0. The average molecular weight is 270 g/mol. The van der Waals surface area contributed by atoms with Gasteiger partial charge in [0.2, 0.25) is 0 Å². The van der Waals surface area contributed by atoms with Crippen LogP contribution >= 0.6 is 0 Å². The minimum atomic E-state index is -0.529. The highest BCUT2D eigenvalue weighted by Crippen LogP contribution is 1.96. The van der Waals surface area contributed by atoms with Crippen LogP contribution in [0.1, 0.15) is 20.3 Å². The van der Waals surface area contributed by atoms with E-state index in [-0.39, 0.29) is 0 Å². The quantitative estimate of drug-likeness (QED) is 0.551. The van der Waals surface area contributed by atoms with E-state index in [1.54, 1.807) is 0 Å². The van der Waals surface area contributed by atoms with Crippen LogP contribution in [-0.4, -0.2) is 62.5 Å². The number of nitrogens with one attached hydrogen (secondary N) is 3. The van der Waals surface area contributed by atoms with Gasteiger partial charge in [-0.3, -0.25) is 14.5 Å². The first kappa shape index (κ1) is 15.9. The predicted octanol–water partition coefficient (Wildman–Crippen LogP) is -0.830. The Morgan fingerprint density at radius 2 is 1.68 bits per heavy atom. The van der Waals surface area contributed by atoms with Crippen molar-refractivity contribution in [1.82, 2.24) is 20.9 Å². The summed E-state index contributed by atoms with van der Waals surface area (Å²) in [7, 11) is 0. The van der Waals surface area contributed by atoms with E-state index in [0.29, 0.717) is 19.0 Å². The zero-order chi connectivity index (χ0) is 14.1. The summed E-state index contributed by atoms with van der Waals surface area (Å²) in [5, 5.41) is 8.55. The fourth-order valence-electron chi connectivity index (χ4n) is 1.90. The molecule has 6 heteroatoms. The number of rotatable bonds is 6. The Bertz CT molecular complexity index is 288. The lowest BCUT2D eigenvalue weighted by atomic mass is 10.1. The lowest BCUT2D eigenvalue weighted by Gasteiger charge is -2.26. The minimum Gasteiger partial charge on any atom is -0.348 e. The normalized spacial score (nSPS) is 16.4. The summed E-state index contributed by atoms with van der Waals surface area (Å²) in [5.74, 6) is -0.532. The third-order valence-corrected chi connectivity index (χ3v) is 3.14. The zero-order valence-electron chi connectivity index (χ0n) is 12.0. The summed E-state index contributed by atoms with van der Waals surface area (Å²) in [6.07, 6.45) is 0.889. The van der Waals surface area contributed by atoms with E-state index in [2.05, 4.69) is 34.7 Å². The van der Waals surface area contributed by atoms with Gasteiger partial charge >= 0.3 is 11.8 Å². The zero-order valence-corrected chi connectivity index (χ0v) is 12.0. The van der Waals surface area contributed by atoms with Crippen molar-refractivity contribution in [2.75, 3.05) is 45.8 Å². The van der Waals surface area contributed by atoms with Crippen LogP contribution in [-0.2, 0) is 9.59 Å². The van der Waals surface area contributed by atoms with Gasteiger partial charge in [-0.2, -0.15) is 0 Å². The smallest absolute Gasteiger partial charge is 0.309 e. The van der Waals surface area contributed by atoms with Crippen molar-refractivity contribution in [2.24, 2.45) is 5.92 Å². The number of nitrogens with zero attached hydrogens (tertiary/aromatic N) is 1. The second kappa shape index (κ2) is 8.87. The van der Waals surface area contributed by atoms with Gasteiger partial charge < -0.3 is 16.0 Å². The lowest BCUT2D eigenvalue weighted by molar-refractivity contribution is -0.139. The molecule has 0 aromatic carbocycles. The lowest BCUT2D eigenvalue weighted by Crippen LogP contribution is -2.47. The Morgan fingerprint density at radius 3 is 2.26 bits per heavy atom. The van der Waals surface area contributed by atoms with Gasteiger partial charge in [-0.25, -0.2) is 0 Å². The van der Waals surface area contributed by atoms with Gasteiger partial charge in [0.15, 0.2) is 0 Å². The molecule has 0 radical (unpaired) electrons. The third kappa shape index (κ3) is 7.12. The van der Waals surface area contributed by atoms with Crippen LogP contribution < -0.4 is 16.0 Å². The van der Waals surface area contributed by atoms with Gasteiger partial charge in [0.25, 0.3) is 0 Å². The van der Waals surface area contributed by atoms with Gasteiger partial charge in [-0.15, -0.1) is 0 Å². The molecule has 1 aliphatic rings. The highest BCUT2D eigenvalue weighted by molar-refractivity contribution is 6.35. The van der Waals surface area contributed by atoms with Crippen molar-refractivity contribution >= 4 is 11.8 Å². The molecule has 0 atom stereocenters. The van der Waals surface area contributed by atoms with Gasteiger partial charge in [0, 0.05) is 45.8 Å². The molecule has 1 aliphatic heterocycles. The van der Waals surface area contributed by atoms with E-state index >= 15 is 0 Å². The molecule has 0 saturated carbocycles. The van der Waals surface area contributed by atoms with Crippen molar-refractivity contribution in [3.05, 3.63) is 0 Å². The summed E-state index contributed by atoms with van der Waals surface area (Å²) in [4.78, 5) is 25.2. The predicted molar refractivity (Wildman–Crippen MR) is 74.8 cm³/mol. The molecular formula is C13H26N4O2. The maximum atomic E-state index is 11.5. The van der Waals surface area contributed by atoms with E-state index in [1.807, 2.05) is 0 Å². The monoisotopic (exact) mass is 270 g/mol. The molecule has 110 valence electrons. The Kier molecular flexibility index (Phi) is 7.43. The Morgan fingerprint density at radius 1 is 1.11 bits per heavy atom. The van der Waals surface area contributed by atoms with E-state index < -0.39 is 11.8 Å². The van der Waals surface area contributed by atoms with Gasteiger partial charge in [0.05, 0.1) is 0 Å².